The van der Waals surface area contributed by atoms with E-state index in [2.05, 4.69) is 36.4 Å². The molecule has 0 saturated heterocycles. The molecule has 5 heteroatoms. The van der Waals surface area contributed by atoms with Gasteiger partial charge >= 0.3 is 0 Å². The lowest BCUT2D eigenvalue weighted by Gasteiger charge is -2.10. The molecule has 0 atom stereocenters. The Morgan fingerprint density at radius 1 is 1.39 bits per heavy atom. The number of rotatable bonds is 8. The summed E-state index contributed by atoms with van der Waals surface area (Å²) in [5.41, 5.74) is -0.0327. The van der Waals surface area contributed by atoms with E-state index in [0.717, 1.165) is 32.6 Å². The average molecular weight is 252 g/mol. The molecule has 1 rings (SSSR count). The van der Waals surface area contributed by atoms with Crippen LogP contribution in [0.25, 0.3) is 0 Å². The second-order valence-electron chi connectivity index (χ2n) is 4.76. The van der Waals surface area contributed by atoms with Gasteiger partial charge in [-0.3, -0.25) is 4.79 Å². The Hall–Kier alpha value is -1.36. The van der Waals surface area contributed by atoms with E-state index in [-0.39, 0.29) is 5.56 Å². The van der Waals surface area contributed by atoms with Gasteiger partial charge in [0.1, 0.15) is 0 Å². The fourth-order valence-corrected chi connectivity index (χ4v) is 1.70. The molecule has 2 N–H and O–H groups in total. The molecule has 0 aliphatic rings. The van der Waals surface area contributed by atoms with Crippen LogP contribution >= 0.6 is 0 Å². The van der Waals surface area contributed by atoms with Crippen molar-refractivity contribution >= 4 is 5.82 Å². The van der Waals surface area contributed by atoms with Gasteiger partial charge < -0.3 is 15.2 Å². The second-order valence-corrected chi connectivity index (χ2v) is 4.76. The molecular weight excluding hydrogens is 228 g/mol. The van der Waals surface area contributed by atoms with Crippen LogP contribution in [-0.4, -0.2) is 29.2 Å². The normalized spacial score (nSPS) is 10.9. The Kier molecular flexibility index (Phi) is 6.43. The zero-order valence-electron chi connectivity index (χ0n) is 11.6. The van der Waals surface area contributed by atoms with E-state index in [4.69, 9.17) is 0 Å². The molecule has 0 spiro atoms. The second kappa shape index (κ2) is 7.87. The number of nitrogens with zero attached hydrogens (tertiary/aromatic N) is 2. The summed E-state index contributed by atoms with van der Waals surface area (Å²) in [6.45, 7) is 9.69. The van der Waals surface area contributed by atoms with E-state index in [0.29, 0.717) is 11.7 Å². The van der Waals surface area contributed by atoms with E-state index in [1.54, 1.807) is 17.0 Å². The maximum absolute atomic E-state index is 12.0. The van der Waals surface area contributed by atoms with Gasteiger partial charge in [0.05, 0.1) is 0 Å². The first-order chi connectivity index (χ1) is 8.65. The smallest absolute Gasteiger partial charge is 0.293 e. The lowest BCUT2D eigenvalue weighted by molar-refractivity contribution is 0.509. The molecule has 0 bridgehead atoms. The Labute approximate surface area is 109 Å². The maximum atomic E-state index is 12.0. The molecule has 18 heavy (non-hydrogen) atoms. The summed E-state index contributed by atoms with van der Waals surface area (Å²) in [6, 6.07) is 0. The highest BCUT2D eigenvalue weighted by Gasteiger charge is 2.05. The van der Waals surface area contributed by atoms with E-state index in [9.17, 15) is 4.79 Å². The molecule has 1 aromatic heterocycles. The highest BCUT2D eigenvalue weighted by atomic mass is 16.1. The van der Waals surface area contributed by atoms with Crippen LogP contribution in [0.3, 0.4) is 0 Å². The van der Waals surface area contributed by atoms with Crippen LogP contribution in [-0.2, 0) is 6.54 Å². The number of hydrogen-bond acceptors (Lipinski definition) is 4. The van der Waals surface area contributed by atoms with E-state index >= 15 is 0 Å². The van der Waals surface area contributed by atoms with Crippen LogP contribution in [0.5, 0.6) is 0 Å². The summed E-state index contributed by atoms with van der Waals surface area (Å²) in [6.07, 6.45) is 4.40. The third kappa shape index (κ3) is 4.87. The third-order valence-electron chi connectivity index (χ3n) is 2.55. The Bertz CT molecular complexity index is 400. The molecule has 5 nitrogen and oxygen atoms in total. The number of aromatic nitrogens is 2. The van der Waals surface area contributed by atoms with Crippen molar-refractivity contribution in [2.45, 2.75) is 33.7 Å². The first-order valence-corrected chi connectivity index (χ1v) is 6.65. The first kappa shape index (κ1) is 14.7. The zero-order valence-corrected chi connectivity index (χ0v) is 11.6. The predicted molar refractivity (Wildman–Crippen MR) is 75.0 cm³/mol. The SMILES string of the molecule is CCNCCCNc1nccn(CC(C)C)c1=O. The van der Waals surface area contributed by atoms with Crippen molar-refractivity contribution in [3.05, 3.63) is 22.7 Å². The molecule has 0 amide bonds. The van der Waals surface area contributed by atoms with Crippen LogP contribution < -0.4 is 16.2 Å². The van der Waals surface area contributed by atoms with Crippen molar-refractivity contribution in [3.8, 4) is 0 Å². The van der Waals surface area contributed by atoms with Crippen molar-refractivity contribution in [2.75, 3.05) is 25.0 Å². The molecular formula is C13H24N4O. The quantitative estimate of drug-likeness (QED) is 0.685. The van der Waals surface area contributed by atoms with Gasteiger partial charge in [0.15, 0.2) is 5.82 Å². The summed E-state index contributed by atoms with van der Waals surface area (Å²) in [5, 5.41) is 6.34. The van der Waals surface area contributed by atoms with Crippen molar-refractivity contribution < 1.29 is 0 Å². The summed E-state index contributed by atoms with van der Waals surface area (Å²) in [4.78, 5) is 16.1. The topological polar surface area (TPSA) is 59.0 Å². The van der Waals surface area contributed by atoms with Gasteiger partial charge in [-0.25, -0.2) is 4.98 Å². The predicted octanol–water partition coefficient (Wildman–Crippen LogP) is 1.31. The van der Waals surface area contributed by atoms with Gasteiger partial charge in [-0.2, -0.15) is 0 Å². The molecule has 0 aromatic carbocycles. The van der Waals surface area contributed by atoms with Crippen molar-refractivity contribution in [1.82, 2.24) is 14.9 Å². The monoisotopic (exact) mass is 252 g/mol. The molecule has 0 aliphatic carbocycles. The minimum atomic E-state index is -0.0327. The van der Waals surface area contributed by atoms with Crippen LogP contribution in [0.2, 0.25) is 0 Å². The average Bonchev–Trinajstić information content (AvgIpc) is 2.33. The highest BCUT2D eigenvalue weighted by Crippen LogP contribution is 1.98. The Morgan fingerprint density at radius 2 is 2.17 bits per heavy atom. The van der Waals surface area contributed by atoms with Gasteiger partial charge in [-0.1, -0.05) is 20.8 Å². The fourth-order valence-electron chi connectivity index (χ4n) is 1.70. The van der Waals surface area contributed by atoms with Gasteiger partial charge in [0.2, 0.25) is 0 Å². The lowest BCUT2D eigenvalue weighted by Crippen LogP contribution is -2.27. The van der Waals surface area contributed by atoms with E-state index in [1.165, 1.54) is 0 Å². The van der Waals surface area contributed by atoms with Crippen molar-refractivity contribution in [3.63, 3.8) is 0 Å². The summed E-state index contributed by atoms with van der Waals surface area (Å²) in [7, 11) is 0. The van der Waals surface area contributed by atoms with Crippen molar-refractivity contribution in [1.29, 1.82) is 0 Å². The van der Waals surface area contributed by atoms with Gasteiger partial charge in [-0.05, 0) is 25.4 Å². The summed E-state index contributed by atoms with van der Waals surface area (Å²) in [5.74, 6) is 0.904. The highest BCUT2D eigenvalue weighted by molar-refractivity contribution is 5.30. The minimum Gasteiger partial charge on any atom is -0.365 e. The maximum Gasteiger partial charge on any atom is 0.293 e. The molecule has 0 fully saturated rings. The molecule has 1 heterocycles. The molecule has 0 saturated carbocycles. The fraction of sp³-hybridized carbons (Fsp3) is 0.692. The van der Waals surface area contributed by atoms with Crippen molar-refractivity contribution in [2.24, 2.45) is 5.92 Å². The number of hydrogen-bond donors (Lipinski definition) is 2. The van der Waals surface area contributed by atoms with Gasteiger partial charge in [0, 0.05) is 25.5 Å². The lowest BCUT2D eigenvalue weighted by atomic mass is 10.2. The molecule has 0 aliphatic heterocycles. The van der Waals surface area contributed by atoms with Crippen LogP contribution in [0, 0.1) is 5.92 Å². The van der Waals surface area contributed by atoms with Gasteiger partial charge in [0.25, 0.3) is 5.56 Å². The molecule has 102 valence electrons. The number of nitrogens with one attached hydrogen (secondary N) is 2. The first-order valence-electron chi connectivity index (χ1n) is 6.65. The van der Waals surface area contributed by atoms with E-state index < -0.39 is 0 Å². The zero-order chi connectivity index (χ0) is 13.4. The van der Waals surface area contributed by atoms with Crippen LogP contribution in [0.4, 0.5) is 5.82 Å². The molecule has 0 unspecified atom stereocenters. The number of anilines is 1. The van der Waals surface area contributed by atoms with Gasteiger partial charge in [-0.15, -0.1) is 0 Å². The standard InChI is InChI=1S/C13H24N4O/c1-4-14-6-5-7-15-12-13(18)17(9-8-16-12)10-11(2)3/h8-9,11,14H,4-7,10H2,1-3H3,(H,15,16). The summed E-state index contributed by atoms with van der Waals surface area (Å²) < 4.78 is 1.71. The largest absolute Gasteiger partial charge is 0.365 e. The Morgan fingerprint density at radius 3 is 2.83 bits per heavy atom. The summed E-state index contributed by atoms with van der Waals surface area (Å²) >= 11 is 0. The minimum absolute atomic E-state index is 0.0327. The molecule has 0 radical (unpaired) electrons. The van der Waals surface area contributed by atoms with Crippen LogP contribution in [0.1, 0.15) is 27.2 Å². The third-order valence-corrected chi connectivity index (χ3v) is 2.55. The Balaban J connectivity index is 2.53. The van der Waals surface area contributed by atoms with E-state index in [1.807, 2.05) is 0 Å². The molecule has 1 aromatic rings. The van der Waals surface area contributed by atoms with Crippen LogP contribution in [0.15, 0.2) is 17.2 Å².